The molecule has 10 heteroatoms. The Balaban J connectivity index is 2.58. The van der Waals surface area contributed by atoms with Crippen LogP contribution in [0.4, 0.5) is 13.2 Å². The van der Waals surface area contributed by atoms with Gasteiger partial charge >= 0.3 is 17.8 Å². The fourth-order valence-corrected chi connectivity index (χ4v) is 1.87. The van der Waals surface area contributed by atoms with Crippen LogP contribution in [-0.2, 0) is 10.9 Å². The predicted octanol–water partition coefficient (Wildman–Crippen LogP) is 2.41. The van der Waals surface area contributed by atoms with E-state index in [0.717, 1.165) is 6.07 Å². The number of hydrogen-bond acceptors (Lipinski definition) is 4. The summed E-state index contributed by atoms with van der Waals surface area (Å²) in [7, 11) is 0. The van der Waals surface area contributed by atoms with E-state index in [2.05, 4.69) is 9.84 Å². The molecule has 1 aromatic heterocycles. The smallest absolute Gasteiger partial charge is 0.418 e. The molecule has 1 heterocycles. The Kier molecular flexibility index (Phi) is 4.27. The van der Waals surface area contributed by atoms with Gasteiger partial charge in [-0.15, -0.1) is 5.10 Å². The number of nitrogens with one attached hydrogen (secondary N) is 1. The average Bonchev–Trinajstić information content (AvgIpc) is 2.80. The summed E-state index contributed by atoms with van der Waals surface area (Å²) < 4.78 is 44.1. The number of rotatable bonds is 3. The minimum Gasteiger partial charge on any atom is -0.460 e. The molecule has 118 valence electrons. The first-order valence-electron chi connectivity index (χ1n) is 5.97. The topological polar surface area (TPSA) is 77.0 Å². The SMILES string of the molecule is CCOC(=O)c1nn(-c2ccc(Cl)cc2C(F)(F)F)c(=O)[nH]1. The molecule has 0 saturated carbocycles. The number of carbonyl (C=O) groups excluding carboxylic acids is 1. The van der Waals surface area contributed by atoms with Gasteiger partial charge in [-0.25, -0.2) is 9.59 Å². The molecule has 0 bridgehead atoms. The molecule has 2 aromatic rings. The normalized spacial score (nSPS) is 11.5. The standard InChI is InChI=1S/C12H9ClF3N3O3/c1-2-22-10(20)9-17-11(21)19(18-9)8-4-3-6(13)5-7(8)12(14,15)16/h3-5H,2H2,1H3,(H,17,18,21). The van der Waals surface area contributed by atoms with Gasteiger partial charge in [-0.2, -0.15) is 17.9 Å². The molecule has 0 amide bonds. The minimum atomic E-state index is -4.75. The van der Waals surface area contributed by atoms with E-state index in [4.69, 9.17) is 11.6 Å². The monoisotopic (exact) mass is 335 g/mol. The summed E-state index contributed by atoms with van der Waals surface area (Å²) in [6.07, 6.45) is -4.75. The number of aromatic amines is 1. The quantitative estimate of drug-likeness (QED) is 0.874. The highest BCUT2D eigenvalue weighted by atomic mass is 35.5. The number of ether oxygens (including phenoxy) is 1. The molecule has 0 aliphatic carbocycles. The van der Waals surface area contributed by atoms with Gasteiger partial charge in [0, 0.05) is 5.02 Å². The van der Waals surface area contributed by atoms with Crippen molar-refractivity contribution >= 4 is 17.6 Å². The third-order valence-electron chi connectivity index (χ3n) is 2.58. The van der Waals surface area contributed by atoms with Crippen molar-refractivity contribution in [2.24, 2.45) is 0 Å². The summed E-state index contributed by atoms with van der Waals surface area (Å²) >= 11 is 5.56. The fraction of sp³-hybridized carbons (Fsp3) is 0.250. The molecule has 0 aliphatic heterocycles. The molecular formula is C12H9ClF3N3O3. The summed E-state index contributed by atoms with van der Waals surface area (Å²) in [5, 5.41) is 3.39. The van der Waals surface area contributed by atoms with Gasteiger partial charge < -0.3 is 4.74 Å². The number of benzene rings is 1. The molecule has 0 atom stereocenters. The Hall–Kier alpha value is -2.29. The number of carbonyl (C=O) groups is 1. The highest BCUT2D eigenvalue weighted by molar-refractivity contribution is 6.30. The third-order valence-corrected chi connectivity index (χ3v) is 2.81. The predicted molar refractivity (Wildman–Crippen MR) is 70.2 cm³/mol. The molecular weight excluding hydrogens is 327 g/mol. The van der Waals surface area contributed by atoms with Crippen LogP contribution in [0.5, 0.6) is 0 Å². The zero-order valence-electron chi connectivity index (χ0n) is 11.1. The number of nitrogens with zero attached hydrogens (tertiary/aromatic N) is 2. The summed E-state index contributed by atoms with van der Waals surface area (Å²) in [5.41, 5.74) is -2.70. The van der Waals surface area contributed by atoms with Crippen molar-refractivity contribution in [3.8, 4) is 5.69 Å². The average molecular weight is 336 g/mol. The van der Waals surface area contributed by atoms with Crippen LogP contribution in [0.25, 0.3) is 5.69 Å². The Morgan fingerprint density at radius 1 is 1.45 bits per heavy atom. The van der Waals surface area contributed by atoms with Crippen LogP contribution in [0, 0.1) is 0 Å². The lowest BCUT2D eigenvalue weighted by Crippen LogP contribution is -2.20. The maximum Gasteiger partial charge on any atom is 0.418 e. The Labute approximate surface area is 126 Å². The van der Waals surface area contributed by atoms with Crippen molar-refractivity contribution in [2.45, 2.75) is 13.1 Å². The van der Waals surface area contributed by atoms with E-state index in [-0.39, 0.29) is 11.6 Å². The maximum absolute atomic E-state index is 13.0. The van der Waals surface area contributed by atoms with E-state index in [1.54, 1.807) is 0 Å². The number of hydrogen-bond donors (Lipinski definition) is 1. The number of halogens is 4. The van der Waals surface area contributed by atoms with Crippen molar-refractivity contribution in [2.75, 3.05) is 6.61 Å². The lowest BCUT2D eigenvalue weighted by Gasteiger charge is -2.12. The second kappa shape index (κ2) is 5.84. The van der Waals surface area contributed by atoms with Crippen molar-refractivity contribution in [1.29, 1.82) is 0 Å². The Bertz CT molecular complexity index is 767. The first kappa shape index (κ1) is 16.1. The van der Waals surface area contributed by atoms with Crippen LogP contribution >= 0.6 is 11.6 Å². The molecule has 0 fully saturated rings. The van der Waals surface area contributed by atoms with Crippen LogP contribution in [-0.4, -0.2) is 27.3 Å². The van der Waals surface area contributed by atoms with E-state index in [9.17, 15) is 22.8 Å². The zero-order chi connectivity index (χ0) is 16.5. The lowest BCUT2D eigenvalue weighted by atomic mass is 10.1. The van der Waals surface area contributed by atoms with E-state index in [1.165, 1.54) is 13.0 Å². The van der Waals surface area contributed by atoms with Crippen LogP contribution in [0.2, 0.25) is 5.02 Å². The fourth-order valence-electron chi connectivity index (χ4n) is 1.70. The zero-order valence-corrected chi connectivity index (χ0v) is 11.8. The third kappa shape index (κ3) is 3.14. The van der Waals surface area contributed by atoms with Crippen molar-refractivity contribution in [1.82, 2.24) is 14.8 Å². The van der Waals surface area contributed by atoms with Crippen molar-refractivity contribution in [3.05, 3.63) is 45.1 Å². The molecule has 0 saturated heterocycles. The van der Waals surface area contributed by atoms with Gasteiger partial charge in [-0.05, 0) is 25.1 Å². The van der Waals surface area contributed by atoms with E-state index in [1.807, 2.05) is 4.98 Å². The van der Waals surface area contributed by atoms with Gasteiger partial charge in [-0.3, -0.25) is 4.98 Å². The summed E-state index contributed by atoms with van der Waals surface area (Å²) in [4.78, 5) is 25.3. The number of aromatic nitrogens is 3. The van der Waals surface area contributed by atoms with Gasteiger partial charge in [0.1, 0.15) is 0 Å². The van der Waals surface area contributed by atoms with Gasteiger partial charge in [0.2, 0.25) is 5.82 Å². The molecule has 2 rings (SSSR count). The summed E-state index contributed by atoms with van der Waals surface area (Å²) in [6, 6.07) is 2.83. The molecule has 0 spiro atoms. The van der Waals surface area contributed by atoms with Crippen LogP contribution in [0.3, 0.4) is 0 Å². The molecule has 0 unspecified atom stereocenters. The highest BCUT2D eigenvalue weighted by Gasteiger charge is 2.35. The molecule has 22 heavy (non-hydrogen) atoms. The first-order chi connectivity index (χ1) is 10.2. The first-order valence-corrected chi connectivity index (χ1v) is 6.35. The maximum atomic E-state index is 13.0. The van der Waals surface area contributed by atoms with E-state index in [0.29, 0.717) is 10.7 Å². The lowest BCUT2D eigenvalue weighted by molar-refractivity contribution is -0.137. The van der Waals surface area contributed by atoms with Crippen LogP contribution in [0.1, 0.15) is 23.1 Å². The van der Waals surface area contributed by atoms with Gasteiger partial charge in [0.25, 0.3) is 0 Å². The van der Waals surface area contributed by atoms with Crippen LogP contribution < -0.4 is 5.69 Å². The Morgan fingerprint density at radius 3 is 2.73 bits per heavy atom. The molecule has 6 nitrogen and oxygen atoms in total. The van der Waals surface area contributed by atoms with Gasteiger partial charge in [-0.1, -0.05) is 11.6 Å². The van der Waals surface area contributed by atoms with Crippen LogP contribution in [0.15, 0.2) is 23.0 Å². The summed E-state index contributed by atoms with van der Waals surface area (Å²) in [6.45, 7) is 1.57. The second-order valence-electron chi connectivity index (χ2n) is 4.07. The molecule has 0 radical (unpaired) electrons. The Morgan fingerprint density at radius 2 is 2.14 bits per heavy atom. The molecule has 0 aliphatic rings. The minimum absolute atomic E-state index is 0.0302. The number of esters is 1. The van der Waals surface area contributed by atoms with E-state index >= 15 is 0 Å². The molecule has 1 N–H and O–H groups in total. The van der Waals surface area contributed by atoms with Crippen molar-refractivity contribution in [3.63, 3.8) is 0 Å². The highest BCUT2D eigenvalue weighted by Crippen LogP contribution is 2.34. The van der Waals surface area contributed by atoms with Gasteiger partial charge in [0.15, 0.2) is 0 Å². The number of H-pyrrole nitrogens is 1. The van der Waals surface area contributed by atoms with Gasteiger partial charge in [0.05, 0.1) is 17.9 Å². The van der Waals surface area contributed by atoms with E-state index < -0.39 is 34.9 Å². The second-order valence-corrected chi connectivity index (χ2v) is 4.51. The van der Waals surface area contributed by atoms with Crippen molar-refractivity contribution < 1.29 is 22.7 Å². The molecule has 1 aromatic carbocycles. The summed E-state index contributed by atoms with van der Waals surface area (Å²) in [5.74, 6) is -1.43. The largest absolute Gasteiger partial charge is 0.460 e. The number of alkyl halides is 3.